The standard InChI is InChI=1S/C22H18F4N2O4S/c1-14(32-19-9-5-16(23)6-10-19)21(29)27-17-7-11-20(12-8-17)33(30,31)28-18-4-2-3-15(13-18)22(24,25)26/h2-14,28H,1H3,(H,27,29)/t14-/m1/s1. The highest BCUT2D eigenvalue weighted by Crippen LogP contribution is 2.31. The molecule has 0 unspecified atom stereocenters. The smallest absolute Gasteiger partial charge is 0.416 e. The normalized spacial score (nSPS) is 12.6. The molecule has 0 fully saturated rings. The number of amides is 1. The summed E-state index contributed by atoms with van der Waals surface area (Å²) in [5.74, 6) is -0.685. The quantitative estimate of drug-likeness (QED) is 0.462. The van der Waals surface area contributed by atoms with Crippen LogP contribution in [0.3, 0.4) is 0 Å². The summed E-state index contributed by atoms with van der Waals surface area (Å²) in [6.07, 6.45) is -5.54. The van der Waals surface area contributed by atoms with Crippen molar-refractivity contribution in [3.63, 3.8) is 0 Å². The van der Waals surface area contributed by atoms with Crippen molar-refractivity contribution in [2.24, 2.45) is 0 Å². The zero-order chi connectivity index (χ0) is 24.2. The lowest BCUT2D eigenvalue weighted by Crippen LogP contribution is -2.30. The fourth-order valence-corrected chi connectivity index (χ4v) is 3.75. The highest BCUT2D eigenvalue weighted by atomic mass is 32.2. The largest absolute Gasteiger partial charge is 0.481 e. The molecule has 3 aromatic rings. The van der Waals surface area contributed by atoms with E-state index in [-0.39, 0.29) is 16.3 Å². The SMILES string of the molecule is C[C@@H](Oc1ccc(F)cc1)C(=O)Nc1ccc(S(=O)(=O)Nc2cccc(C(F)(F)F)c2)cc1. The van der Waals surface area contributed by atoms with E-state index in [4.69, 9.17) is 4.74 Å². The van der Waals surface area contributed by atoms with E-state index >= 15 is 0 Å². The van der Waals surface area contributed by atoms with Gasteiger partial charge in [0, 0.05) is 11.4 Å². The lowest BCUT2D eigenvalue weighted by molar-refractivity contribution is -0.137. The number of rotatable bonds is 7. The Bertz CT molecular complexity index is 1230. The molecule has 0 heterocycles. The van der Waals surface area contributed by atoms with Gasteiger partial charge in [-0.05, 0) is 73.7 Å². The molecular formula is C22H18F4N2O4S. The second-order valence-corrected chi connectivity index (χ2v) is 8.59. The Hall–Kier alpha value is -3.60. The van der Waals surface area contributed by atoms with Gasteiger partial charge in [-0.15, -0.1) is 0 Å². The van der Waals surface area contributed by atoms with Crippen LogP contribution in [0.4, 0.5) is 28.9 Å². The first-order valence-corrected chi connectivity index (χ1v) is 11.0. The van der Waals surface area contributed by atoms with Gasteiger partial charge in [-0.3, -0.25) is 9.52 Å². The van der Waals surface area contributed by atoms with Crippen molar-refractivity contribution in [1.29, 1.82) is 0 Å². The highest BCUT2D eigenvalue weighted by molar-refractivity contribution is 7.92. The summed E-state index contributed by atoms with van der Waals surface area (Å²) in [5, 5.41) is 2.55. The van der Waals surface area contributed by atoms with Gasteiger partial charge in [0.05, 0.1) is 10.5 Å². The fourth-order valence-electron chi connectivity index (χ4n) is 2.71. The summed E-state index contributed by atoms with van der Waals surface area (Å²) in [6.45, 7) is 1.48. The summed E-state index contributed by atoms with van der Waals surface area (Å²) in [7, 11) is -4.17. The van der Waals surface area contributed by atoms with E-state index in [2.05, 4.69) is 10.0 Å². The molecule has 1 atom stereocenters. The van der Waals surface area contributed by atoms with E-state index in [9.17, 15) is 30.8 Å². The number of ether oxygens (including phenoxy) is 1. The van der Waals surface area contributed by atoms with Gasteiger partial charge in [0.1, 0.15) is 11.6 Å². The summed E-state index contributed by atoms with van der Waals surface area (Å²) in [5.41, 5.74) is -0.959. The third-order valence-corrected chi connectivity index (χ3v) is 5.77. The van der Waals surface area contributed by atoms with Crippen LogP contribution in [0.25, 0.3) is 0 Å². The molecule has 0 saturated heterocycles. The Balaban J connectivity index is 1.65. The van der Waals surface area contributed by atoms with E-state index in [1.54, 1.807) is 0 Å². The van der Waals surface area contributed by atoms with Crippen molar-refractivity contribution in [3.8, 4) is 5.75 Å². The summed E-state index contributed by atoms with van der Waals surface area (Å²) < 4.78 is 84.0. The van der Waals surface area contributed by atoms with Crippen molar-refractivity contribution < 1.29 is 35.5 Å². The van der Waals surface area contributed by atoms with Crippen LogP contribution in [-0.4, -0.2) is 20.4 Å². The number of alkyl halides is 3. The van der Waals surface area contributed by atoms with Gasteiger partial charge < -0.3 is 10.1 Å². The molecule has 11 heteroatoms. The first kappa shape index (κ1) is 24.1. The van der Waals surface area contributed by atoms with Gasteiger partial charge in [0.15, 0.2) is 6.10 Å². The Labute approximate surface area is 187 Å². The van der Waals surface area contributed by atoms with Gasteiger partial charge >= 0.3 is 6.18 Å². The van der Waals surface area contributed by atoms with Gasteiger partial charge in [-0.2, -0.15) is 13.2 Å². The molecule has 3 rings (SSSR count). The molecule has 174 valence electrons. The second-order valence-electron chi connectivity index (χ2n) is 6.91. The minimum atomic E-state index is -4.61. The van der Waals surface area contributed by atoms with Crippen molar-refractivity contribution in [2.45, 2.75) is 24.1 Å². The molecule has 6 nitrogen and oxygen atoms in total. The predicted octanol–water partition coefficient (Wildman–Crippen LogP) is 5.05. The Kier molecular flexibility index (Phi) is 6.92. The monoisotopic (exact) mass is 482 g/mol. The van der Waals surface area contributed by atoms with Crippen LogP contribution in [0.15, 0.2) is 77.7 Å². The van der Waals surface area contributed by atoms with Crippen LogP contribution < -0.4 is 14.8 Å². The topological polar surface area (TPSA) is 84.5 Å². The van der Waals surface area contributed by atoms with Crippen molar-refractivity contribution in [1.82, 2.24) is 0 Å². The first-order chi connectivity index (χ1) is 15.4. The third-order valence-electron chi connectivity index (χ3n) is 4.37. The van der Waals surface area contributed by atoms with E-state index in [1.807, 2.05) is 0 Å². The maximum Gasteiger partial charge on any atom is 0.416 e. The highest BCUT2D eigenvalue weighted by Gasteiger charge is 2.30. The number of nitrogens with one attached hydrogen (secondary N) is 2. The molecule has 2 N–H and O–H groups in total. The van der Waals surface area contributed by atoms with E-state index in [1.165, 1.54) is 61.5 Å². The molecule has 0 aromatic heterocycles. The average molecular weight is 482 g/mol. The molecule has 3 aromatic carbocycles. The predicted molar refractivity (Wildman–Crippen MR) is 114 cm³/mol. The Morgan fingerprint density at radius 3 is 2.18 bits per heavy atom. The molecule has 0 aliphatic carbocycles. The maximum absolute atomic E-state index is 12.9. The van der Waals surface area contributed by atoms with Crippen molar-refractivity contribution in [2.75, 3.05) is 10.0 Å². The number of carbonyl (C=O) groups excluding carboxylic acids is 1. The summed E-state index contributed by atoms with van der Waals surface area (Å²) >= 11 is 0. The molecule has 0 aliphatic rings. The van der Waals surface area contributed by atoms with Gasteiger partial charge in [0.25, 0.3) is 15.9 Å². The van der Waals surface area contributed by atoms with Crippen LogP contribution in [0.2, 0.25) is 0 Å². The second kappa shape index (κ2) is 9.49. The lowest BCUT2D eigenvalue weighted by Gasteiger charge is -2.15. The minimum Gasteiger partial charge on any atom is -0.481 e. The molecule has 0 radical (unpaired) electrons. The van der Waals surface area contributed by atoms with Gasteiger partial charge in [-0.1, -0.05) is 6.07 Å². The van der Waals surface area contributed by atoms with E-state index in [0.717, 1.165) is 12.1 Å². The number of carbonyl (C=O) groups is 1. The fraction of sp³-hybridized carbons (Fsp3) is 0.136. The van der Waals surface area contributed by atoms with Gasteiger partial charge in [-0.25, -0.2) is 12.8 Å². The van der Waals surface area contributed by atoms with E-state index < -0.39 is 39.6 Å². The number of anilines is 2. The molecule has 0 spiro atoms. The molecular weight excluding hydrogens is 464 g/mol. The zero-order valence-corrected chi connectivity index (χ0v) is 17.9. The molecule has 0 bridgehead atoms. The first-order valence-electron chi connectivity index (χ1n) is 9.47. The van der Waals surface area contributed by atoms with Crippen LogP contribution in [0, 0.1) is 5.82 Å². The van der Waals surface area contributed by atoms with Crippen LogP contribution in [0.5, 0.6) is 5.75 Å². The summed E-state index contributed by atoms with van der Waals surface area (Å²) in [4.78, 5) is 12.1. The number of benzene rings is 3. The number of hydrogen-bond acceptors (Lipinski definition) is 4. The van der Waals surface area contributed by atoms with Crippen LogP contribution in [-0.2, 0) is 21.0 Å². The molecule has 33 heavy (non-hydrogen) atoms. The Morgan fingerprint density at radius 1 is 0.939 bits per heavy atom. The molecule has 1 amide bonds. The molecule has 0 aliphatic heterocycles. The minimum absolute atomic E-state index is 0.214. The van der Waals surface area contributed by atoms with Crippen LogP contribution in [0.1, 0.15) is 12.5 Å². The van der Waals surface area contributed by atoms with E-state index in [0.29, 0.717) is 11.8 Å². The van der Waals surface area contributed by atoms with Crippen molar-refractivity contribution >= 4 is 27.3 Å². The summed E-state index contributed by atoms with van der Waals surface area (Å²) in [6, 6.07) is 14.0. The molecule has 0 saturated carbocycles. The van der Waals surface area contributed by atoms with Crippen LogP contribution >= 0.6 is 0 Å². The zero-order valence-electron chi connectivity index (χ0n) is 17.1. The number of sulfonamides is 1. The van der Waals surface area contributed by atoms with Gasteiger partial charge in [0.2, 0.25) is 0 Å². The maximum atomic E-state index is 12.9. The average Bonchev–Trinajstić information content (AvgIpc) is 2.75. The number of halogens is 4. The Morgan fingerprint density at radius 2 is 1.58 bits per heavy atom. The number of hydrogen-bond donors (Lipinski definition) is 2. The van der Waals surface area contributed by atoms with Crippen molar-refractivity contribution in [3.05, 3.63) is 84.2 Å². The third kappa shape index (κ3) is 6.45. The lowest BCUT2D eigenvalue weighted by atomic mass is 10.2.